The summed E-state index contributed by atoms with van der Waals surface area (Å²) in [5.41, 5.74) is 0.980. The Morgan fingerprint density at radius 2 is 1.90 bits per heavy atom. The third kappa shape index (κ3) is 4.41. The molecule has 0 radical (unpaired) electrons. The molecule has 1 aliphatic rings. The summed E-state index contributed by atoms with van der Waals surface area (Å²) in [6.07, 6.45) is 2.23. The average Bonchev–Trinajstić information content (AvgIpc) is 3.42. The molecule has 1 fully saturated rings. The Balaban J connectivity index is 1.48. The number of rotatable bonds is 6. The van der Waals surface area contributed by atoms with E-state index in [0.717, 1.165) is 5.56 Å². The highest BCUT2D eigenvalue weighted by molar-refractivity contribution is 7.89. The van der Waals surface area contributed by atoms with E-state index in [-0.39, 0.29) is 29.6 Å². The second kappa shape index (κ2) is 8.66. The number of esters is 1. The summed E-state index contributed by atoms with van der Waals surface area (Å²) < 4.78 is 44.9. The van der Waals surface area contributed by atoms with E-state index in [1.165, 1.54) is 21.1 Å². The van der Waals surface area contributed by atoms with Crippen molar-refractivity contribution in [3.63, 3.8) is 0 Å². The molecule has 0 N–H and O–H groups in total. The van der Waals surface area contributed by atoms with Crippen LogP contribution in [0.25, 0.3) is 11.3 Å². The minimum absolute atomic E-state index is 0.0407. The van der Waals surface area contributed by atoms with Gasteiger partial charge in [-0.3, -0.25) is 0 Å². The van der Waals surface area contributed by atoms with E-state index in [0.29, 0.717) is 19.0 Å². The highest BCUT2D eigenvalue weighted by Crippen LogP contribution is 2.26. The van der Waals surface area contributed by atoms with Gasteiger partial charge in [0, 0.05) is 31.9 Å². The Morgan fingerprint density at radius 3 is 2.61 bits per heavy atom. The fourth-order valence-corrected chi connectivity index (χ4v) is 4.78. The maximum Gasteiger partial charge on any atom is 0.355 e. The number of aromatic nitrogens is 2. The number of aryl methyl sites for hydroxylation is 1. The molecule has 1 atom stereocenters. The maximum absolute atomic E-state index is 12.8. The number of carbonyl (C=O) groups excluding carboxylic acids is 1. The van der Waals surface area contributed by atoms with Gasteiger partial charge in [0.15, 0.2) is 11.9 Å². The molecule has 164 valence electrons. The number of hydrogen-bond donors (Lipinski definition) is 0. The van der Waals surface area contributed by atoms with Crippen molar-refractivity contribution >= 4 is 16.0 Å². The summed E-state index contributed by atoms with van der Waals surface area (Å²) in [4.78, 5) is 16.9. The highest BCUT2D eigenvalue weighted by Gasteiger charge is 2.30. The molecule has 0 bridgehead atoms. The standard InChI is InChI=1S/C21H23N3O6S/c1-15(20-22-13-19(30-20)16-6-4-3-5-7-16)29-21(25)18-12-17(14-23(18)2)31(26,27)24-8-10-28-11-9-24/h3-7,12-15H,8-11H2,1-2H3. The van der Waals surface area contributed by atoms with E-state index in [1.807, 2.05) is 30.3 Å². The molecular weight excluding hydrogens is 422 g/mol. The smallest absolute Gasteiger partial charge is 0.355 e. The van der Waals surface area contributed by atoms with Crippen LogP contribution in [0.1, 0.15) is 29.4 Å². The summed E-state index contributed by atoms with van der Waals surface area (Å²) in [6, 6.07) is 10.8. The number of ether oxygens (including phenoxy) is 2. The van der Waals surface area contributed by atoms with Crippen LogP contribution >= 0.6 is 0 Å². The lowest BCUT2D eigenvalue weighted by Crippen LogP contribution is -2.40. The van der Waals surface area contributed by atoms with Gasteiger partial charge in [-0.05, 0) is 13.0 Å². The third-order valence-corrected chi connectivity index (χ3v) is 6.87. The second-order valence-corrected chi connectivity index (χ2v) is 9.10. The van der Waals surface area contributed by atoms with Gasteiger partial charge in [-0.25, -0.2) is 18.2 Å². The molecule has 0 aliphatic carbocycles. The van der Waals surface area contributed by atoms with Crippen LogP contribution in [0.5, 0.6) is 0 Å². The van der Waals surface area contributed by atoms with Crippen molar-refractivity contribution in [1.82, 2.24) is 13.9 Å². The number of hydrogen-bond acceptors (Lipinski definition) is 7. The van der Waals surface area contributed by atoms with E-state index in [1.54, 1.807) is 20.2 Å². The van der Waals surface area contributed by atoms with Crippen LogP contribution in [-0.2, 0) is 26.5 Å². The van der Waals surface area contributed by atoms with E-state index in [2.05, 4.69) is 4.98 Å². The summed E-state index contributed by atoms with van der Waals surface area (Å²) in [7, 11) is -2.12. The van der Waals surface area contributed by atoms with Gasteiger partial charge >= 0.3 is 5.97 Å². The van der Waals surface area contributed by atoms with Crippen molar-refractivity contribution in [3.8, 4) is 11.3 Å². The molecule has 2 aromatic heterocycles. The lowest BCUT2D eigenvalue weighted by molar-refractivity contribution is 0.0269. The average molecular weight is 445 g/mol. The van der Waals surface area contributed by atoms with Crippen LogP contribution < -0.4 is 0 Å². The molecule has 0 amide bonds. The molecule has 0 spiro atoms. The third-order valence-electron chi connectivity index (χ3n) is 5.01. The van der Waals surface area contributed by atoms with Gasteiger partial charge in [0.1, 0.15) is 10.6 Å². The van der Waals surface area contributed by atoms with Gasteiger partial charge in [-0.15, -0.1) is 0 Å². The van der Waals surface area contributed by atoms with Gasteiger partial charge in [0.05, 0.1) is 19.4 Å². The number of nitrogens with zero attached hydrogens (tertiary/aromatic N) is 3. The highest BCUT2D eigenvalue weighted by atomic mass is 32.2. The van der Waals surface area contributed by atoms with Crippen LogP contribution in [-0.4, -0.2) is 54.5 Å². The number of carbonyl (C=O) groups is 1. The van der Waals surface area contributed by atoms with Crippen molar-refractivity contribution < 1.29 is 27.1 Å². The van der Waals surface area contributed by atoms with Crippen LogP contribution in [0, 0.1) is 0 Å². The first-order valence-corrected chi connectivity index (χ1v) is 11.3. The zero-order chi connectivity index (χ0) is 22.0. The molecular formula is C21H23N3O6S. The molecule has 0 saturated carbocycles. The van der Waals surface area contributed by atoms with Crippen molar-refractivity contribution in [2.45, 2.75) is 17.9 Å². The predicted molar refractivity (Wildman–Crippen MR) is 111 cm³/mol. The molecule has 3 aromatic rings. The molecule has 9 nitrogen and oxygen atoms in total. The van der Waals surface area contributed by atoms with Gasteiger partial charge in [0.2, 0.25) is 15.9 Å². The van der Waals surface area contributed by atoms with Gasteiger partial charge in [-0.2, -0.15) is 4.31 Å². The number of morpholine rings is 1. The molecule has 1 aromatic carbocycles. The molecule has 3 heterocycles. The van der Waals surface area contributed by atoms with Gasteiger partial charge in [-0.1, -0.05) is 30.3 Å². The Labute approximate surface area is 180 Å². The minimum Gasteiger partial charge on any atom is -0.448 e. The predicted octanol–water partition coefficient (Wildman–Crippen LogP) is 2.62. The first kappa shape index (κ1) is 21.3. The first-order valence-electron chi connectivity index (χ1n) is 9.82. The van der Waals surface area contributed by atoms with Crippen LogP contribution in [0.4, 0.5) is 0 Å². The molecule has 4 rings (SSSR count). The molecule has 1 aliphatic heterocycles. The lowest BCUT2D eigenvalue weighted by Gasteiger charge is -2.25. The van der Waals surface area contributed by atoms with E-state index >= 15 is 0 Å². The SMILES string of the molecule is CC(OC(=O)c1cc(S(=O)(=O)N2CCOCC2)cn1C)c1ncc(-c2ccccc2)o1. The van der Waals surface area contributed by atoms with E-state index in [4.69, 9.17) is 13.9 Å². The lowest BCUT2D eigenvalue weighted by atomic mass is 10.2. The molecule has 10 heteroatoms. The maximum atomic E-state index is 12.8. The Bertz CT molecular complexity index is 1160. The van der Waals surface area contributed by atoms with E-state index < -0.39 is 22.1 Å². The molecule has 1 saturated heterocycles. The van der Waals surface area contributed by atoms with Crippen LogP contribution in [0.2, 0.25) is 0 Å². The minimum atomic E-state index is -3.71. The fourth-order valence-electron chi connectivity index (χ4n) is 3.30. The topological polar surface area (TPSA) is 104 Å². The van der Waals surface area contributed by atoms with Crippen molar-refractivity contribution in [3.05, 3.63) is 60.4 Å². The Kier molecular flexibility index (Phi) is 5.94. The normalized spacial score (nSPS) is 16.2. The quantitative estimate of drug-likeness (QED) is 0.537. The van der Waals surface area contributed by atoms with Crippen molar-refractivity contribution in [2.75, 3.05) is 26.3 Å². The number of sulfonamides is 1. The molecule has 31 heavy (non-hydrogen) atoms. The number of benzene rings is 1. The summed E-state index contributed by atoms with van der Waals surface area (Å²) >= 11 is 0. The Hall–Kier alpha value is -2.95. The van der Waals surface area contributed by atoms with Crippen LogP contribution in [0.3, 0.4) is 0 Å². The van der Waals surface area contributed by atoms with Gasteiger partial charge in [0.25, 0.3) is 0 Å². The second-order valence-electron chi connectivity index (χ2n) is 7.16. The van der Waals surface area contributed by atoms with Crippen molar-refractivity contribution in [2.24, 2.45) is 7.05 Å². The largest absolute Gasteiger partial charge is 0.448 e. The summed E-state index contributed by atoms with van der Waals surface area (Å²) in [5.74, 6) is 0.150. The number of oxazole rings is 1. The first-order chi connectivity index (χ1) is 14.9. The fraction of sp³-hybridized carbons (Fsp3) is 0.333. The summed E-state index contributed by atoms with van der Waals surface area (Å²) in [5, 5.41) is 0. The monoisotopic (exact) mass is 445 g/mol. The molecule has 1 unspecified atom stereocenters. The van der Waals surface area contributed by atoms with Gasteiger partial charge < -0.3 is 18.5 Å². The van der Waals surface area contributed by atoms with Crippen LogP contribution in [0.15, 0.2) is 58.1 Å². The zero-order valence-electron chi connectivity index (χ0n) is 17.2. The zero-order valence-corrected chi connectivity index (χ0v) is 18.0. The van der Waals surface area contributed by atoms with Crippen molar-refractivity contribution in [1.29, 1.82) is 0 Å². The van der Waals surface area contributed by atoms with E-state index in [9.17, 15) is 13.2 Å². The summed E-state index contributed by atoms with van der Waals surface area (Å²) in [6.45, 7) is 2.90. The Morgan fingerprint density at radius 1 is 1.19 bits per heavy atom.